The van der Waals surface area contributed by atoms with E-state index in [4.69, 9.17) is 9.47 Å². The summed E-state index contributed by atoms with van der Waals surface area (Å²) in [6.45, 7) is 4.06. The molecule has 0 radical (unpaired) electrons. The molecule has 0 saturated heterocycles. The highest BCUT2D eigenvalue weighted by Crippen LogP contribution is 2.27. The molecular formula is C12H16O3S. The first kappa shape index (κ1) is 12.9. The summed E-state index contributed by atoms with van der Waals surface area (Å²) in [6, 6.07) is 7.63. The van der Waals surface area contributed by atoms with Crippen molar-refractivity contribution in [2.45, 2.75) is 24.0 Å². The molecule has 0 spiro atoms. The lowest BCUT2D eigenvalue weighted by Crippen LogP contribution is -2.16. The van der Waals surface area contributed by atoms with Gasteiger partial charge < -0.3 is 9.47 Å². The van der Waals surface area contributed by atoms with Gasteiger partial charge in [0.1, 0.15) is 11.0 Å². The summed E-state index contributed by atoms with van der Waals surface area (Å²) in [4.78, 5) is 12.4. The van der Waals surface area contributed by atoms with Gasteiger partial charge in [0, 0.05) is 4.90 Å². The van der Waals surface area contributed by atoms with Gasteiger partial charge in [-0.3, -0.25) is 4.79 Å². The molecule has 3 nitrogen and oxygen atoms in total. The van der Waals surface area contributed by atoms with Gasteiger partial charge in [0.25, 0.3) is 0 Å². The Morgan fingerprint density at radius 1 is 1.50 bits per heavy atom. The summed E-state index contributed by atoms with van der Waals surface area (Å²) >= 11 is 1.47. The molecule has 1 aromatic carbocycles. The van der Waals surface area contributed by atoms with Crippen molar-refractivity contribution in [3.8, 4) is 5.75 Å². The fourth-order valence-electron chi connectivity index (χ4n) is 1.19. The van der Waals surface area contributed by atoms with Crippen LogP contribution in [-0.4, -0.2) is 24.9 Å². The highest BCUT2D eigenvalue weighted by atomic mass is 32.2. The second-order valence-electron chi connectivity index (χ2n) is 3.19. The number of hydrogen-bond acceptors (Lipinski definition) is 4. The van der Waals surface area contributed by atoms with Gasteiger partial charge in [-0.25, -0.2) is 0 Å². The zero-order valence-electron chi connectivity index (χ0n) is 9.73. The molecule has 1 atom stereocenters. The molecular weight excluding hydrogens is 224 g/mol. The molecule has 0 aromatic heterocycles. The van der Waals surface area contributed by atoms with Crippen LogP contribution in [0.15, 0.2) is 29.2 Å². The van der Waals surface area contributed by atoms with Gasteiger partial charge in [0.05, 0.1) is 13.7 Å². The van der Waals surface area contributed by atoms with E-state index in [1.807, 2.05) is 31.2 Å². The average Bonchev–Trinajstić information content (AvgIpc) is 2.29. The lowest BCUT2D eigenvalue weighted by Gasteiger charge is -2.10. The van der Waals surface area contributed by atoms with E-state index in [-0.39, 0.29) is 11.2 Å². The maximum absolute atomic E-state index is 11.4. The molecule has 0 aliphatic rings. The van der Waals surface area contributed by atoms with Crippen LogP contribution in [0.1, 0.15) is 13.8 Å². The standard InChI is InChI=1S/C12H16O3S/c1-4-15-12(13)9(2)16-11-7-5-6-10(8-11)14-3/h5-9H,4H2,1-3H3. The van der Waals surface area contributed by atoms with E-state index in [0.717, 1.165) is 10.6 Å². The minimum Gasteiger partial charge on any atom is -0.497 e. The Morgan fingerprint density at radius 2 is 2.25 bits per heavy atom. The van der Waals surface area contributed by atoms with Gasteiger partial charge in [-0.1, -0.05) is 6.07 Å². The van der Waals surface area contributed by atoms with Crippen LogP contribution in [0.2, 0.25) is 0 Å². The van der Waals surface area contributed by atoms with Crippen molar-refractivity contribution in [3.05, 3.63) is 24.3 Å². The molecule has 4 heteroatoms. The topological polar surface area (TPSA) is 35.5 Å². The van der Waals surface area contributed by atoms with Gasteiger partial charge in [-0.2, -0.15) is 0 Å². The van der Waals surface area contributed by atoms with Crippen LogP contribution < -0.4 is 4.74 Å². The first-order chi connectivity index (χ1) is 7.67. The summed E-state index contributed by atoms with van der Waals surface area (Å²) in [7, 11) is 1.62. The zero-order valence-corrected chi connectivity index (χ0v) is 10.5. The summed E-state index contributed by atoms with van der Waals surface area (Å²) < 4.78 is 10.1. The van der Waals surface area contributed by atoms with Crippen LogP contribution in [0.3, 0.4) is 0 Å². The van der Waals surface area contributed by atoms with Crippen LogP contribution in [-0.2, 0) is 9.53 Å². The van der Waals surface area contributed by atoms with Crippen LogP contribution in [0.4, 0.5) is 0 Å². The van der Waals surface area contributed by atoms with Gasteiger partial charge >= 0.3 is 5.97 Å². The predicted octanol–water partition coefficient (Wildman–Crippen LogP) is 2.74. The maximum Gasteiger partial charge on any atom is 0.319 e. The number of methoxy groups -OCH3 is 1. The van der Waals surface area contributed by atoms with Gasteiger partial charge in [0.2, 0.25) is 0 Å². The highest BCUT2D eigenvalue weighted by molar-refractivity contribution is 8.00. The molecule has 1 unspecified atom stereocenters. The summed E-state index contributed by atoms with van der Waals surface area (Å²) in [5.41, 5.74) is 0. The van der Waals surface area contributed by atoms with Crippen LogP contribution >= 0.6 is 11.8 Å². The molecule has 0 aliphatic carbocycles. The van der Waals surface area contributed by atoms with E-state index >= 15 is 0 Å². The first-order valence-electron chi connectivity index (χ1n) is 5.14. The third-order valence-corrected chi connectivity index (χ3v) is 3.04. The monoisotopic (exact) mass is 240 g/mol. The number of esters is 1. The van der Waals surface area contributed by atoms with E-state index in [9.17, 15) is 4.79 Å². The zero-order chi connectivity index (χ0) is 12.0. The molecule has 0 amide bonds. The Balaban J connectivity index is 2.61. The lowest BCUT2D eigenvalue weighted by atomic mass is 10.3. The van der Waals surface area contributed by atoms with Gasteiger partial charge in [-0.15, -0.1) is 11.8 Å². The second-order valence-corrected chi connectivity index (χ2v) is 4.61. The number of thioether (sulfide) groups is 1. The van der Waals surface area contributed by atoms with Crippen molar-refractivity contribution < 1.29 is 14.3 Å². The Bertz CT molecular complexity index is 352. The maximum atomic E-state index is 11.4. The number of carbonyl (C=O) groups is 1. The molecule has 0 heterocycles. The fraction of sp³-hybridized carbons (Fsp3) is 0.417. The van der Waals surface area contributed by atoms with Crippen LogP contribution in [0.25, 0.3) is 0 Å². The summed E-state index contributed by atoms with van der Waals surface area (Å²) in [5.74, 6) is 0.608. The van der Waals surface area contributed by atoms with E-state index in [2.05, 4.69) is 0 Å². The Hall–Kier alpha value is -1.16. The SMILES string of the molecule is CCOC(=O)C(C)Sc1cccc(OC)c1. The molecule has 0 fully saturated rings. The molecule has 1 aromatic rings. The molecule has 88 valence electrons. The minimum absolute atomic E-state index is 0.185. The second kappa shape index (κ2) is 6.43. The molecule has 0 bridgehead atoms. The highest BCUT2D eigenvalue weighted by Gasteiger charge is 2.15. The molecule has 1 rings (SSSR count). The summed E-state index contributed by atoms with van der Waals surface area (Å²) in [6.07, 6.45) is 0. The van der Waals surface area contributed by atoms with Crippen molar-refractivity contribution in [2.75, 3.05) is 13.7 Å². The number of rotatable bonds is 5. The Labute approximate surface area is 100 Å². The normalized spacial score (nSPS) is 11.9. The number of hydrogen-bond donors (Lipinski definition) is 0. The molecule has 0 aliphatic heterocycles. The molecule has 16 heavy (non-hydrogen) atoms. The van der Waals surface area contributed by atoms with Crippen molar-refractivity contribution in [1.29, 1.82) is 0 Å². The van der Waals surface area contributed by atoms with Crippen molar-refractivity contribution in [1.82, 2.24) is 0 Å². The van der Waals surface area contributed by atoms with Crippen molar-refractivity contribution in [3.63, 3.8) is 0 Å². The minimum atomic E-state index is -0.202. The van der Waals surface area contributed by atoms with Crippen molar-refractivity contribution in [2.24, 2.45) is 0 Å². The van der Waals surface area contributed by atoms with E-state index in [0.29, 0.717) is 6.61 Å². The van der Waals surface area contributed by atoms with Crippen LogP contribution in [0, 0.1) is 0 Å². The first-order valence-corrected chi connectivity index (χ1v) is 6.02. The van der Waals surface area contributed by atoms with Crippen LogP contribution in [0.5, 0.6) is 5.75 Å². The quantitative estimate of drug-likeness (QED) is 0.585. The molecule has 0 N–H and O–H groups in total. The Kier molecular flexibility index (Phi) is 5.19. The largest absolute Gasteiger partial charge is 0.497 e. The number of ether oxygens (including phenoxy) is 2. The van der Waals surface area contributed by atoms with Crippen molar-refractivity contribution >= 4 is 17.7 Å². The predicted molar refractivity (Wildman–Crippen MR) is 64.9 cm³/mol. The Morgan fingerprint density at radius 3 is 2.88 bits per heavy atom. The third kappa shape index (κ3) is 3.77. The van der Waals surface area contributed by atoms with Gasteiger partial charge in [0.15, 0.2) is 0 Å². The lowest BCUT2D eigenvalue weighted by molar-refractivity contribution is -0.142. The number of carbonyl (C=O) groups excluding carboxylic acids is 1. The average molecular weight is 240 g/mol. The van der Waals surface area contributed by atoms with E-state index < -0.39 is 0 Å². The fourth-order valence-corrected chi connectivity index (χ4v) is 2.10. The molecule has 0 saturated carbocycles. The van der Waals surface area contributed by atoms with Gasteiger partial charge in [-0.05, 0) is 32.0 Å². The smallest absolute Gasteiger partial charge is 0.319 e. The van der Waals surface area contributed by atoms with E-state index in [1.54, 1.807) is 14.0 Å². The third-order valence-electron chi connectivity index (χ3n) is 1.97. The number of benzene rings is 1. The summed E-state index contributed by atoms with van der Waals surface area (Å²) in [5, 5.41) is -0.202. The van der Waals surface area contributed by atoms with E-state index in [1.165, 1.54) is 11.8 Å².